The molecule has 0 N–H and O–H groups in total. The second-order valence-electron chi connectivity index (χ2n) is 3.84. The highest BCUT2D eigenvalue weighted by molar-refractivity contribution is 4.63. The van der Waals surface area contributed by atoms with Crippen LogP contribution in [0, 0.1) is 0 Å². The van der Waals surface area contributed by atoms with Crippen LogP contribution in [0.2, 0.25) is 0 Å². The summed E-state index contributed by atoms with van der Waals surface area (Å²) in [6.07, 6.45) is 11.3. The Morgan fingerprint density at radius 2 is 1.75 bits per heavy atom. The minimum atomic E-state index is 0.596. The predicted molar refractivity (Wildman–Crippen MR) is 52.4 cm³/mol. The molecule has 0 saturated heterocycles. The number of ether oxygens (including phenoxy) is 1. The van der Waals surface area contributed by atoms with Crippen LogP contribution >= 0.6 is 0 Å². The summed E-state index contributed by atoms with van der Waals surface area (Å²) in [6, 6.07) is 0. The Morgan fingerprint density at radius 1 is 1.08 bits per heavy atom. The molecule has 0 aliphatic heterocycles. The molecule has 1 aliphatic rings. The highest BCUT2D eigenvalue weighted by Crippen LogP contribution is 2.19. The van der Waals surface area contributed by atoms with Crippen LogP contribution in [0.3, 0.4) is 0 Å². The van der Waals surface area contributed by atoms with Gasteiger partial charge in [-0.1, -0.05) is 39.0 Å². The Balaban J connectivity index is 2.04. The summed E-state index contributed by atoms with van der Waals surface area (Å²) in [6.45, 7) is 3.21. The fraction of sp³-hybridized carbons (Fsp3) is 1.00. The van der Waals surface area contributed by atoms with Gasteiger partial charge in [-0.3, -0.25) is 0 Å². The highest BCUT2D eigenvalue weighted by Gasteiger charge is 2.11. The summed E-state index contributed by atoms with van der Waals surface area (Å²) in [7, 11) is 0. The predicted octanol–water partition coefficient (Wildman–Crippen LogP) is 3.53. The van der Waals surface area contributed by atoms with Crippen molar-refractivity contribution in [3.63, 3.8) is 0 Å². The Hall–Kier alpha value is -0.0400. The van der Waals surface area contributed by atoms with Gasteiger partial charge < -0.3 is 4.74 Å². The lowest BCUT2D eigenvalue weighted by molar-refractivity contribution is 0.0415. The molecule has 0 spiro atoms. The molecule has 1 rings (SSSR count). The Bertz CT molecular complexity index is 93.2. The van der Waals surface area contributed by atoms with E-state index in [4.69, 9.17) is 4.74 Å². The van der Waals surface area contributed by atoms with Gasteiger partial charge in [-0.2, -0.15) is 0 Å². The molecular weight excluding hydrogens is 148 g/mol. The zero-order valence-corrected chi connectivity index (χ0v) is 8.35. The minimum absolute atomic E-state index is 0.596. The largest absolute Gasteiger partial charge is 0.378 e. The van der Waals surface area contributed by atoms with Crippen LogP contribution in [0.15, 0.2) is 0 Å². The molecule has 1 nitrogen and oxygen atoms in total. The second kappa shape index (κ2) is 6.47. The summed E-state index contributed by atoms with van der Waals surface area (Å²) in [5, 5.41) is 0. The van der Waals surface area contributed by atoms with Crippen LogP contribution in [-0.4, -0.2) is 12.7 Å². The molecule has 1 fully saturated rings. The highest BCUT2D eigenvalue weighted by atomic mass is 16.5. The van der Waals surface area contributed by atoms with E-state index in [1.807, 2.05) is 0 Å². The molecule has 0 aromatic carbocycles. The molecule has 0 heterocycles. The van der Waals surface area contributed by atoms with E-state index in [-0.39, 0.29) is 0 Å². The maximum atomic E-state index is 5.80. The van der Waals surface area contributed by atoms with Gasteiger partial charge in [0.15, 0.2) is 0 Å². The monoisotopic (exact) mass is 170 g/mol. The molecule has 0 aromatic heterocycles. The van der Waals surface area contributed by atoms with E-state index >= 15 is 0 Å². The first kappa shape index (κ1) is 10.0. The summed E-state index contributed by atoms with van der Waals surface area (Å²) < 4.78 is 5.80. The quantitative estimate of drug-likeness (QED) is 0.463. The first-order chi connectivity index (χ1) is 5.93. The molecule has 1 saturated carbocycles. The molecule has 12 heavy (non-hydrogen) atoms. The fourth-order valence-corrected chi connectivity index (χ4v) is 1.80. The van der Waals surface area contributed by atoms with Gasteiger partial charge in [0.1, 0.15) is 0 Å². The van der Waals surface area contributed by atoms with Crippen LogP contribution in [-0.2, 0) is 4.74 Å². The van der Waals surface area contributed by atoms with Gasteiger partial charge in [-0.05, 0) is 19.3 Å². The molecule has 72 valence electrons. The number of rotatable bonds is 4. The Labute approximate surface area is 76.5 Å². The normalized spacial score (nSPS) is 20.8. The summed E-state index contributed by atoms with van der Waals surface area (Å²) in [5.41, 5.74) is 0. The van der Waals surface area contributed by atoms with Gasteiger partial charge in [-0.25, -0.2) is 0 Å². The van der Waals surface area contributed by atoms with Gasteiger partial charge in [-0.15, -0.1) is 0 Å². The number of hydrogen-bond acceptors (Lipinski definition) is 1. The molecule has 1 aliphatic carbocycles. The second-order valence-corrected chi connectivity index (χ2v) is 3.84. The van der Waals surface area contributed by atoms with Gasteiger partial charge in [0.25, 0.3) is 0 Å². The average Bonchev–Trinajstić information content (AvgIpc) is 2.33. The summed E-state index contributed by atoms with van der Waals surface area (Å²) in [5.74, 6) is 0. The van der Waals surface area contributed by atoms with Crippen molar-refractivity contribution in [2.45, 2.75) is 64.4 Å². The third-order valence-corrected chi connectivity index (χ3v) is 2.65. The van der Waals surface area contributed by atoms with Crippen LogP contribution in [0.1, 0.15) is 58.3 Å². The lowest BCUT2D eigenvalue weighted by atomic mass is 10.1. The topological polar surface area (TPSA) is 9.23 Å². The van der Waals surface area contributed by atoms with Crippen molar-refractivity contribution in [3.8, 4) is 0 Å². The van der Waals surface area contributed by atoms with E-state index in [2.05, 4.69) is 6.92 Å². The van der Waals surface area contributed by atoms with E-state index in [1.165, 1.54) is 51.4 Å². The average molecular weight is 170 g/mol. The molecule has 0 unspecified atom stereocenters. The van der Waals surface area contributed by atoms with E-state index in [0.29, 0.717) is 6.10 Å². The fourth-order valence-electron chi connectivity index (χ4n) is 1.80. The molecule has 0 bridgehead atoms. The first-order valence-corrected chi connectivity index (χ1v) is 5.55. The molecule has 0 radical (unpaired) electrons. The van der Waals surface area contributed by atoms with Gasteiger partial charge in [0.05, 0.1) is 6.10 Å². The van der Waals surface area contributed by atoms with Gasteiger partial charge >= 0.3 is 0 Å². The van der Waals surface area contributed by atoms with Crippen molar-refractivity contribution in [2.24, 2.45) is 0 Å². The molecule has 1 heteroatoms. The maximum Gasteiger partial charge on any atom is 0.0575 e. The van der Waals surface area contributed by atoms with Crippen molar-refractivity contribution in [1.29, 1.82) is 0 Å². The maximum absolute atomic E-state index is 5.80. The smallest absolute Gasteiger partial charge is 0.0575 e. The molecular formula is C11H22O. The minimum Gasteiger partial charge on any atom is -0.378 e. The summed E-state index contributed by atoms with van der Waals surface area (Å²) in [4.78, 5) is 0. The third kappa shape index (κ3) is 4.10. The standard InChI is InChI=1S/C11H22O/c1-2-3-10-12-11-8-6-4-5-7-9-11/h11H,2-10H2,1H3. The zero-order valence-electron chi connectivity index (χ0n) is 8.35. The first-order valence-electron chi connectivity index (χ1n) is 5.55. The van der Waals surface area contributed by atoms with Crippen LogP contribution in [0.5, 0.6) is 0 Å². The van der Waals surface area contributed by atoms with Crippen LogP contribution < -0.4 is 0 Å². The van der Waals surface area contributed by atoms with Crippen molar-refractivity contribution < 1.29 is 4.74 Å². The molecule has 0 aromatic rings. The van der Waals surface area contributed by atoms with E-state index in [1.54, 1.807) is 0 Å². The Kier molecular flexibility index (Phi) is 5.42. The van der Waals surface area contributed by atoms with Crippen molar-refractivity contribution in [1.82, 2.24) is 0 Å². The van der Waals surface area contributed by atoms with Crippen molar-refractivity contribution >= 4 is 0 Å². The van der Waals surface area contributed by atoms with Crippen molar-refractivity contribution in [2.75, 3.05) is 6.61 Å². The van der Waals surface area contributed by atoms with Gasteiger partial charge in [0, 0.05) is 6.61 Å². The third-order valence-electron chi connectivity index (χ3n) is 2.65. The van der Waals surface area contributed by atoms with E-state index in [0.717, 1.165) is 6.61 Å². The van der Waals surface area contributed by atoms with Crippen LogP contribution in [0.25, 0.3) is 0 Å². The molecule has 0 atom stereocenters. The zero-order chi connectivity index (χ0) is 8.65. The van der Waals surface area contributed by atoms with E-state index < -0.39 is 0 Å². The number of unbranched alkanes of at least 4 members (excludes halogenated alkanes) is 1. The molecule has 0 amide bonds. The Morgan fingerprint density at radius 3 is 2.33 bits per heavy atom. The van der Waals surface area contributed by atoms with Gasteiger partial charge in [0.2, 0.25) is 0 Å². The van der Waals surface area contributed by atoms with Crippen LogP contribution in [0.4, 0.5) is 0 Å². The summed E-state index contributed by atoms with van der Waals surface area (Å²) >= 11 is 0. The van der Waals surface area contributed by atoms with E-state index in [9.17, 15) is 0 Å². The lowest BCUT2D eigenvalue weighted by Gasteiger charge is -2.14. The lowest BCUT2D eigenvalue weighted by Crippen LogP contribution is -2.12. The van der Waals surface area contributed by atoms with Crippen molar-refractivity contribution in [3.05, 3.63) is 0 Å². The number of hydrogen-bond donors (Lipinski definition) is 0. The SMILES string of the molecule is CCCCOC1CCCCCC1.